The lowest BCUT2D eigenvalue weighted by Crippen LogP contribution is -2.35. The first-order valence-corrected chi connectivity index (χ1v) is 5.53. The molecule has 4 heteroatoms. The second-order valence-corrected chi connectivity index (χ2v) is 4.76. The Kier molecular flexibility index (Phi) is 7.09. The van der Waals surface area contributed by atoms with Gasteiger partial charge in [-0.05, 0) is 24.5 Å². The first kappa shape index (κ1) is 12.8. The lowest BCUT2D eigenvalue weighted by molar-refractivity contribution is -0.143. The second-order valence-electron chi connectivity index (χ2n) is 3.07. The number of carbonyl (C=O) groups is 1. The van der Waals surface area contributed by atoms with Crippen LogP contribution in [-0.4, -0.2) is 37.2 Å². The Balaban J connectivity index is 3.66. The van der Waals surface area contributed by atoms with Crippen LogP contribution in [0.4, 0.5) is 0 Å². The van der Waals surface area contributed by atoms with Crippen molar-refractivity contribution in [1.82, 2.24) is 5.32 Å². The monoisotopic (exact) mass is 205 g/mol. The molecule has 0 bridgehead atoms. The Hall–Kier alpha value is -0.220. The highest BCUT2D eigenvalue weighted by atomic mass is 32.2. The summed E-state index contributed by atoms with van der Waals surface area (Å²) in [6.45, 7) is 4.30. The van der Waals surface area contributed by atoms with E-state index >= 15 is 0 Å². The summed E-state index contributed by atoms with van der Waals surface area (Å²) in [5, 5.41) is 3.56. The van der Waals surface area contributed by atoms with Crippen molar-refractivity contribution in [3.63, 3.8) is 0 Å². The molecule has 1 N–H and O–H groups in total. The van der Waals surface area contributed by atoms with Crippen molar-refractivity contribution in [2.45, 2.75) is 31.6 Å². The molecular weight excluding hydrogens is 186 g/mol. The van der Waals surface area contributed by atoms with Crippen LogP contribution in [0.2, 0.25) is 0 Å². The van der Waals surface area contributed by atoms with Crippen molar-refractivity contribution in [2.24, 2.45) is 0 Å². The van der Waals surface area contributed by atoms with Crippen molar-refractivity contribution >= 4 is 17.7 Å². The van der Waals surface area contributed by atoms with Crippen LogP contribution in [0, 0.1) is 0 Å². The molecule has 3 nitrogen and oxygen atoms in total. The number of nitrogens with one attached hydrogen (secondary N) is 1. The van der Waals surface area contributed by atoms with Crippen molar-refractivity contribution < 1.29 is 9.53 Å². The average molecular weight is 205 g/mol. The number of carbonyl (C=O) groups excluding carboxylic acids is 1. The lowest BCUT2D eigenvalue weighted by Gasteiger charge is -2.13. The first-order chi connectivity index (χ1) is 6.11. The number of ether oxygens (including phenoxy) is 1. The maximum atomic E-state index is 11.1. The molecule has 0 saturated carbocycles. The highest BCUT2D eigenvalue weighted by Gasteiger charge is 2.15. The van der Waals surface area contributed by atoms with Gasteiger partial charge >= 0.3 is 5.97 Å². The number of esters is 1. The van der Waals surface area contributed by atoms with Gasteiger partial charge in [0.2, 0.25) is 0 Å². The van der Waals surface area contributed by atoms with Gasteiger partial charge < -0.3 is 10.1 Å². The summed E-state index contributed by atoms with van der Waals surface area (Å²) in [6, 6.07) is -0.156. The topological polar surface area (TPSA) is 38.3 Å². The van der Waals surface area contributed by atoms with E-state index in [1.807, 2.05) is 11.8 Å². The summed E-state index contributed by atoms with van der Waals surface area (Å²) in [5.41, 5.74) is 0. The molecule has 78 valence electrons. The van der Waals surface area contributed by atoms with Gasteiger partial charge in [-0.25, -0.2) is 0 Å². The van der Waals surface area contributed by atoms with Crippen LogP contribution in [0.25, 0.3) is 0 Å². The summed E-state index contributed by atoms with van der Waals surface area (Å²) in [4.78, 5) is 11.1. The SMILES string of the molecule is CNC(CCSC(C)C)C(=O)OC. The van der Waals surface area contributed by atoms with E-state index in [0.717, 1.165) is 12.2 Å². The largest absolute Gasteiger partial charge is 0.468 e. The van der Waals surface area contributed by atoms with E-state index in [4.69, 9.17) is 0 Å². The fourth-order valence-electron chi connectivity index (χ4n) is 0.944. The van der Waals surface area contributed by atoms with Gasteiger partial charge in [0.05, 0.1) is 7.11 Å². The average Bonchev–Trinajstić information content (AvgIpc) is 2.11. The maximum absolute atomic E-state index is 11.1. The second kappa shape index (κ2) is 7.21. The molecule has 0 spiro atoms. The van der Waals surface area contributed by atoms with Crippen LogP contribution in [0.3, 0.4) is 0 Å². The number of hydrogen-bond acceptors (Lipinski definition) is 4. The zero-order valence-electron chi connectivity index (χ0n) is 8.79. The molecule has 1 unspecified atom stereocenters. The number of methoxy groups -OCH3 is 1. The minimum absolute atomic E-state index is 0.156. The standard InChI is InChI=1S/C9H19NO2S/c1-7(2)13-6-5-8(10-3)9(11)12-4/h7-8,10H,5-6H2,1-4H3. The number of likely N-dealkylation sites (N-methyl/N-ethyl adjacent to an activating group) is 1. The number of thioether (sulfide) groups is 1. The molecule has 0 aromatic carbocycles. The van der Waals surface area contributed by atoms with Gasteiger partial charge in [0.25, 0.3) is 0 Å². The van der Waals surface area contributed by atoms with E-state index in [2.05, 4.69) is 23.9 Å². The Bertz CT molecular complexity index is 151. The molecule has 13 heavy (non-hydrogen) atoms. The summed E-state index contributed by atoms with van der Waals surface area (Å²) in [6.07, 6.45) is 0.825. The summed E-state index contributed by atoms with van der Waals surface area (Å²) in [5.74, 6) is 0.810. The third-order valence-electron chi connectivity index (χ3n) is 1.69. The molecule has 0 amide bonds. The fraction of sp³-hybridized carbons (Fsp3) is 0.889. The van der Waals surface area contributed by atoms with Gasteiger partial charge in [-0.1, -0.05) is 13.8 Å². The molecule has 1 atom stereocenters. The van der Waals surface area contributed by atoms with Crippen LogP contribution in [0.5, 0.6) is 0 Å². The Morgan fingerprint density at radius 2 is 2.15 bits per heavy atom. The van der Waals surface area contributed by atoms with Crippen LogP contribution >= 0.6 is 11.8 Å². The van der Waals surface area contributed by atoms with Gasteiger partial charge in [-0.15, -0.1) is 0 Å². The smallest absolute Gasteiger partial charge is 0.322 e. The molecule has 0 aliphatic carbocycles. The van der Waals surface area contributed by atoms with Crippen molar-refractivity contribution in [2.75, 3.05) is 19.9 Å². The Labute approximate surface area is 84.6 Å². The summed E-state index contributed by atoms with van der Waals surface area (Å²) < 4.78 is 4.65. The predicted molar refractivity (Wildman–Crippen MR) is 57.1 cm³/mol. The van der Waals surface area contributed by atoms with E-state index < -0.39 is 0 Å². The molecule has 0 fully saturated rings. The zero-order chi connectivity index (χ0) is 10.3. The quantitative estimate of drug-likeness (QED) is 0.663. The first-order valence-electron chi connectivity index (χ1n) is 4.48. The minimum Gasteiger partial charge on any atom is -0.468 e. The van der Waals surface area contributed by atoms with Gasteiger partial charge in [0.15, 0.2) is 0 Å². The van der Waals surface area contributed by atoms with Gasteiger partial charge in [-0.3, -0.25) is 4.79 Å². The zero-order valence-corrected chi connectivity index (χ0v) is 9.61. The molecule has 0 aliphatic heterocycles. The van der Waals surface area contributed by atoms with E-state index in [-0.39, 0.29) is 12.0 Å². The van der Waals surface area contributed by atoms with Crippen molar-refractivity contribution in [1.29, 1.82) is 0 Å². The van der Waals surface area contributed by atoms with Gasteiger partial charge in [0.1, 0.15) is 6.04 Å². The maximum Gasteiger partial charge on any atom is 0.322 e. The van der Waals surface area contributed by atoms with E-state index in [0.29, 0.717) is 5.25 Å². The molecule has 0 saturated heterocycles. The summed E-state index contributed by atoms with van der Waals surface area (Å²) >= 11 is 1.86. The van der Waals surface area contributed by atoms with E-state index in [9.17, 15) is 4.79 Å². The van der Waals surface area contributed by atoms with Crippen molar-refractivity contribution in [3.05, 3.63) is 0 Å². The molecular formula is C9H19NO2S. The lowest BCUT2D eigenvalue weighted by atomic mass is 10.2. The predicted octanol–water partition coefficient (Wildman–Crippen LogP) is 1.28. The van der Waals surface area contributed by atoms with Gasteiger partial charge in [-0.2, -0.15) is 11.8 Å². The molecule has 0 aromatic heterocycles. The molecule has 0 rings (SSSR count). The third kappa shape index (κ3) is 5.93. The van der Waals surface area contributed by atoms with Crippen molar-refractivity contribution in [3.8, 4) is 0 Å². The van der Waals surface area contributed by atoms with Crippen LogP contribution in [-0.2, 0) is 9.53 Å². The molecule has 0 aromatic rings. The van der Waals surface area contributed by atoms with E-state index in [1.54, 1.807) is 7.05 Å². The van der Waals surface area contributed by atoms with Crippen LogP contribution < -0.4 is 5.32 Å². The minimum atomic E-state index is -0.174. The molecule has 0 heterocycles. The summed E-state index contributed by atoms with van der Waals surface area (Å²) in [7, 11) is 3.20. The van der Waals surface area contributed by atoms with Gasteiger partial charge in [0, 0.05) is 0 Å². The number of rotatable bonds is 6. The van der Waals surface area contributed by atoms with E-state index in [1.165, 1.54) is 7.11 Å². The Morgan fingerprint density at radius 3 is 2.54 bits per heavy atom. The highest BCUT2D eigenvalue weighted by molar-refractivity contribution is 7.99. The Morgan fingerprint density at radius 1 is 1.54 bits per heavy atom. The van der Waals surface area contributed by atoms with Crippen LogP contribution in [0.1, 0.15) is 20.3 Å². The molecule has 0 radical (unpaired) electrons. The number of hydrogen-bond donors (Lipinski definition) is 1. The van der Waals surface area contributed by atoms with Crippen LogP contribution in [0.15, 0.2) is 0 Å². The third-order valence-corrected chi connectivity index (χ3v) is 2.83. The molecule has 0 aliphatic rings. The highest BCUT2D eigenvalue weighted by Crippen LogP contribution is 2.11. The fourth-order valence-corrected chi connectivity index (χ4v) is 1.79. The normalized spacial score (nSPS) is 13.0.